The summed E-state index contributed by atoms with van der Waals surface area (Å²) in [5.41, 5.74) is 0.652. The van der Waals surface area contributed by atoms with E-state index in [0.717, 1.165) is 4.88 Å². The normalized spacial score (nSPS) is 10.4. The number of carboxylic acids is 1. The third kappa shape index (κ3) is 3.87. The van der Waals surface area contributed by atoms with Gasteiger partial charge in [0.15, 0.2) is 5.13 Å². The van der Waals surface area contributed by atoms with Gasteiger partial charge in [-0.1, -0.05) is 6.07 Å². The quantitative estimate of drug-likeness (QED) is 0.887. The van der Waals surface area contributed by atoms with Crippen molar-refractivity contribution < 1.29 is 14.7 Å². The van der Waals surface area contributed by atoms with Gasteiger partial charge in [0.25, 0.3) is 0 Å². The lowest BCUT2D eigenvalue weighted by Gasteiger charge is -1.98. The maximum absolute atomic E-state index is 11.8. The first kappa shape index (κ1) is 13.7. The lowest BCUT2D eigenvalue weighted by molar-refractivity contribution is -0.136. The molecule has 0 radical (unpaired) electrons. The van der Waals surface area contributed by atoms with Gasteiger partial charge in [0.1, 0.15) is 0 Å². The van der Waals surface area contributed by atoms with Crippen LogP contribution in [0.4, 0.5) is 5.13 Å². The zero-order chi connectivity index (χ0) is 13.8. The van der Waals surface area contributed by atoms with E-state index >= 15 is 0 Å². The van der Waals surface area contributed by atoms with Crippen LogP contribution in [0.2, 0.25) is 0 Å². The topological polar surface area (TPSA) is 79.3 Å². The number of thiazole rings is 1. The van der Waals surface area contributed by atoms with Crippen molar-refractivity contribution in [2.75, 3.05) is 5.32 Å². The van der Waals surface area contributed by atoms with Gasteiger partial charge in [-0.05, 0) is 18.4 Å². The van der Waals surface area contributed by atoms with Crippen LogP contribution in [0.5, 0.6) is 0 Å². The van der Waals surface area contributed by atoms with Gasteiger partial charge < -0.3 is 10.4 Å². The Kier molecular flexibility index (Phi) is 4.28. The van der Waals surface area contributed by atoms with E-state index in [9.17, 15) is 9.59 Å². The summed E-state index contributed by atoms with van der Waals surface area (Å²) in [6.45, 7) is 1.74. The molecule has 0 bridgehead atoms. The smallest absolute Gasteiger partial charge is 0.308 e. The molecule has 2 aromatic heterocycles. The second kappa shape index (κ2) is 5.94. The standard InChI is InChI=1S/C12H12N2O3S2/c1-7-9(6-11(16)17)19-12(13-7)14-10(15)5-8-3-2-4-18-8/h2-4H,5-6H2,1H3,(H,16,17)(H,13,14,15). The number of hydrogen-bond donors (Lipinski definition) is 2. The predicted octanol–water partition coefficient (Wildman–Crippen LogP) is 2.32. The first-order valence-corrected chi connectivity index (χ1v) is 7.24. The Bertz CT molecular complexity index is 590. The fourth-order valence-corrected chi connectivity index (χ4v) is 3.19. The van der Waals surface area contributed by atoms with E-state index < -0.39 is 5.97 Å². The van der Waals surface area contributed by atoms with Crippen molar-refractivity contribution in [3.8, 4) is 0 Å². The molecule has 2 heterocycles. The van der Waals surface area contributed by atoms with Crippen LogP contribution in [0.25, 0.3) is 0 Å². The minimum Gasteiger partial charge on any atom is -0.481 e. The summed E-state index contributed by atoms with van der Waals surface area (Å²) in [5, 5.41) is 13.8. The van der Waals surface area contributed by atoms with Gasteiger partial charge in [0.2, 0.25) is 5.91 Å². The van der Waals surface area contributed by atoms with Crippen molar-refractivity contribution in [3.63, 3.8) is 0 Å². The van der Waals surface area contributed by atoms with Crippen LogP contribution in [0.1, 0.15) is 15.4 Å². The number of aryl methyl sites for hydroxylation is 1. The highest BCUT2D eigenvalue weighted by atomic mass is 32.1. The number of anilines is 1. The number of thiophene rings is 1. The molecule has 0 saturated heterocycles. The van der Waals surface area contributed by atoms with E-state index in [1.165, 1.54) is 22.7 Å². The number of carbonyl (C=O) groups excluding carboxylic acids is 1. The molecule has 7 heteroatoms. The fourth-order valence-electron chi connectivity index (χ4n) is 1.52. The molecule has 2 aromatic rings. The van der Waals surface area contributed by atoms with Crippen LogP contribution >= 0.6 is 22.7 Å². The molecule has 0 fully saturated rings. The van der Waals surface area contributed by atoms with Crippen LogP contribution in [0.15, 0.2) is 17.5 Å². The van der Waals surface area contributed by atoms with Crippen molar-refractivity contribution in [3.05, 3.63) is 33.0 Å². The first-order chi connectivity index (χ1) is 9.04. The van der Waals surface area contributed by atoms with Crippen molar-refractivity contribution in [1.29, 1.82) is 0 Å². The molecule has 0 spiro atoms. The highest BCUT2D eigenvalue weighted by Crippen LogP contribution is 2.23. The third-order valence-electron chi connectivity index (χ3n) is 2.37. The number of carboxylic acid groups (broad SMARTS) is 1. The molecule has 0 saturated carbocycles. The van der Waals surface area contributed by atoms with E-state index in [1.54, 1.807) is 6.92 Å². The Morgan fingerprint density at radius 3 is 2.84 bits per heavy atom. The van der Waals surface area contributed by atoms with Gasteiger partial charge >= 0.3 is 5.97 Å². The van der Waals surface area contributed by atoms with Crippen molar-refractivity contribution in [2.45, 2.75) is 19.8 Å². The number of nitrogens with zero attached hydrogens (tertiary/aromatic N) is 1. The molecule has 2 rings (SSSR count). The second-order valence-electron chi connectivity index (χ2n) is 3.90. The van der Waals surface area contributed by atoms with Gasteiger partial charge in [-0.25, -0.2) is 4.98 Å². The Labute approximate surface area is 117 Å². The lowest BCUT2D eigenvalue weighted by Crippen LogP contribution is -2.13. The van der Waals surface area contributed by atoms with E-state index in [-0.39, 0.29) is 12.3 Å². The van der Waals surface area contributed by atoms with Gasteiger partial charge in [-0.3, -0.25) is 9.59 Å². The number of carbonyl (C=O) groups is 2. The van der Waals surface area contributed by atoms with Gasteiger partial charge in [0, 0.05) is 9.75 Å². The number of nitrogens with one attached hydrogen (secondary N) is 1. The van der Waals surface area contributed by atoms with Crippen LogP contribution in [-0.4, -0.2) is 22.0 Å². The number of hydrogen-bond acceptors (Lipinski definition) is 5. The molecule has 5 nitrogen and oxygen atoms in total. The van der Waals surface area contributed by atoms with Crippen LogP contribution in [0, 0.1) is 6.92 Å². The average molecular weight is 296 g/mol. The number of aliphatic carboxylic acids is 1. The molecule has 0 aromatic carbocycles. The summed E-state index contributed by atoms with van der Waals surface area (Å²) in [5.74, 6) is -1.04. The minimum absolute atomic E-state index is 0.0652. The van der Waals surface area contributed by atoms with Crippen LogP contribution < -0.4 is 5.32 Å². The number of amides is 1. The molecular weight excluding hydrogens is 284 g/mol. The van der Waals surface area contributed by atoms with Gasteiger partial charge in [-0.15, -0.1) is 22.7 Å². The van der Waals surface area contributed by atoms with Gasteiger partial charge in [-0.2, -0.15) is 0 Å². The molecule has 2 N–H and O–H groups in total. The van der Waals surface area contributed by atoms with E-state index in [2.05, 4.69) is 10.3 Å². The molecule has 0 atom stereocenters. The highest BCUT2D eigenvalue weighted by Gasteiger charge is 2.13. The Hall–Kier alpha value is -1.73. The molecule has 19 heavy (non-hydrogen) atoms. The zero-order valence-electron chi connectivity index (χ0n) is 10.2. The van der Waals surface area contributed by atoms with E-state index in [4.69, 9.17) is 5.11 Å². The molecular formula is C12H12N2O3S2. The number of rotatable bonds is 5. The lowest BCUT2D eigenvalue weighted by atomic mass is 10.3. The maximum Gasteiger partial charge on any atom is 0.308 e. The second-order valence-corrected chi connectivity index (χ2v) is 6.02. The molecule has 0 aliphatic carbocycles. The van der Waals surface area contributed by atoms with Crippen LogP contribution in [0.3, 0.4) is 0 Å². The maximum atomic E-state index is 11.8. The van der Waals surface area contributed by atoms with Crippen molar-refractivity contribution in [2.24, 2.45) is 0 Å². The summed E-state index contributed by atoms with van der Waals surface area (Å²) in [6, 6.07) is 3.79. The SMILES string of the molecule is Cc1nc(NC(=O)Cc2cccs2)sc1CC(=O)O. The van der Waals surface area contributed by atoms with Crippen molar-refractivity contribution in [1.82, 2.24) is 4.98 Å². The Morgan fingerprint density at radius 2 is 2.21 bits per heavy atom. The first-order valence-electron chi connectivity index (χ1n) is 5.55. The highest BCUT2D eigenvalue weighted by molar-refractivity contribution is 7.16. The molecule has 0 aliphatic rings. The Morgan fingerprint density at radius 1 is 1.42 bits per heavy atom. The average Bonchev–Trinajstić information content (AvgIpc) is 2.89. The molecule has 1 amide bonds. The monoisotopic (exact) mass is 296 g/mol. The zero-order valence-corrected chi connectivity index (χ0v) is 11.8. The largest absolute Gasteiger partial charge is 0.481 e. The predicted molar refractivity (Wildman–Crippen MR) is 74.8 cm³/mol. The molecule has 0 aliphatic heterocycles. The Balaban J connectivity index is 1.99. The summed E-state index contributed by atoms with van der Waals surface area (Å²) < 4.78 is 0. The summed E-state index contributed by atoms with van der Waals surface area (Å²) in [6.07, 6.45) is 0.245. The minimum atomic E-state index is -0.900. The summed E-state index contributed by atoms with van der Waals surface area (Å²) in [4.78, 5) is 28.2. The molecule has 0 unspecified atom stereocenters. The molecule has 100 valence electrons. The van der Waals surface area contributed by atoms with Crippen LogP contribution in [-0.2, 0) is 22.4 Å². The van der Waals surface area contributed by atoms with E-state index in [0.29, 0.717) is 22.1 Å². The van der Waals surface area contributed by atoms with Gasteiger partial charge in [0.05, 0.1) is 18.5 Å². The van der Waals surface area contributed by atoms with E-state index in [1.807, 2.05) is 17.5 Å². The summed E-state index contributed by atoms with van der Waals surface area (Å²) in [7, 11) is 0. The third-order valence-corrected chi connectivity index (χ3v) is 4.31. The summed E-state index contributed by atoms with van der Waals surface area (Å²) >= 11 is 2.73. The van der Waals surface area contributed by atoms with Crippen molar-refractivity contribution >= 4 is 39.7 Å². The number of aromatic nitrogens is 1. The fraction of sp³-hybridized carbons (Fsp3) is 0.250.